The molecule has 0 aliphatic carbocycles. The van der Waals surface area contributed by atoms with Crippen LogP contribution in [0.4, 0.5) is 0 Å². The van der Waals surface area contributed by atoms with Crippen molar-refractivity contribution in [3.05, 3.63) is 33.3 Å². The summed E-state index contributed by atoms with van der Waals surface area (Å²) in [5.41, 5.74) is 1.09. The molecule has 0 radical (unpaired) electrons. The van der Waals surface area contributed by atoms with Gasteiger partial charge in [-0.25, -0.2) is 0 Å². The zero-order valence-electron chi connectivity index (χ0n) is 11.2. The van der Waals surface area contributed by atoms with Crippen molar-refractivity contribution in [3.8, 4) is 0 Å². The number of ether oxygens (including phenoxy) is 1. The summed E-state index contributed by atoms with van der Waals surface area (Å²) >= 11 is 9.44. The van der Waals surface area contributed by atoms with E-state index >= 15 is 0 Å². The van der Waals surface area contributed by atoms with E-state index in [0.29, 0.717) is 18.2 Å². The molecule has 110 valence electrons. The summed E-state index contributed by atoms with van der Waals surface area (Å²) in [7, 11) is 0. The highest BCUT2D eigenvalue weighted by molar-refractivity contribution is 9.10. The Hall–Kier alpha value is -0.620. The number of likely N-dealkylation sites (N-methyl/N-ethyl adjacent to an activating group) is 1. The molecule has 0 bridgehead atoms. The molecule has 1 aliphatic heterocycles. The molecule has 1 saturated heterocycles. The van der Waals surface area contributed by atoms with Crippen LogP contribution in [0.2, 0.25) is 5.02 Å². The Bertz CT molecular complexity index is 497. The first kappa shape index (κ1) is 15.8. The molecule has 6 heteroatoms. The van der Waals surface area contributed by atoms with Crippen LogP contribution in [-0.2, 0) is 16.1 Å². The number of carboxylic acid groups (broad SMARTS) is 1. The van der Waals surface area contributed by atoms with E-state index in [0.717, 1.165) is 16.6 Å². The highest BCUT2D eigenvalue weighted by Crippen LogP contribution is 2.26. The fourth-order valence-corrected chi connectivity index (χ4v) is 3.28. The Labute approximate surface area is 131 Å². The number of hydrogen-bond donors (Lipinski definition) is 1. The van der Waals surface area contributed by atoms with Crippen molar-refractivity contribution in [3.63, 3.8) is 0 Å². The minimum Gasteiger partial charge on any atom is -0.481 e. The Morgan fingerprint density at radius 3 is 2.90 bits per heavy atom. The third kappa shape index (κ3) is 3.52. The van der Waals surface area contributed by atoms with E-state index in [-0.39, 0.29) is 12.6 Å². The van der Waals surface area contributed by atoms with Crippen LogP contribution in [0.15, 0.2) is 22.7 Å². The molecule has 2 rings (SSSR count). The maximum atomic E-state index is 11.3. The monoisotopic (exact) mass is 361 g/mol. The second-order valence-electron chi connectivity index (χ2n) is 4.85. The normalized spacial score (nSPS) is 22.4. The van der Waals surface area contributed by atoms with E-state index < -0.39 is 11.9 Å². The molecule has 20 heavy (non-hydrogen) atoms. The van der Waals surface area contributed by atoms with Crippen molar-refractivity contribution in [1.29, 1.82) is 0 Å². The summed E-state index contributed by atoms with van der Waals surface area (Å²) in [6, 6.07) is 5.57. The lowest BCUT2D eigenvalue weighted by atomic mass is 10.0. The maximum absolute atomic E-state index is 11.3. The average molecular weight is 363 g/mol. The predicted octanol–water partition coefficient (Wildman–Crippen LogP) is 3.02. The lowest BCUT2D eigenvalue weighted by Gasteiger charge is -2.29. The molecule has 4 nitrogen and oxygen atoms in total. The Balaban J connectivity index is 2.14. The van der Waals surface area contributed by atoms with Crippen molar-refractivity contribution in [2.75, 3.05) is 19.8 Å². The highest BCUT2D eigenvalue weighted by atomic mass is 79.9. The molecule has 1 N–H and O–H groups in total. The zero-order valence-corrected chi connectivity index (χ0v) is 13.5. The lowest BCUT2D eigenvalue weighted by Crippen LogP contribution is -2.42. The van der Waals surface area contributed by atoms with E-state index in [1.165, 1.54) is 0 Å². The number of carbonyl (C=O) groups is 1. The Morgan fingerprint density at radius 1 is 1.55 bits per heavy atom. The molecular formula is C14H17BrClNO3. The summed E-state index contributed by atoms with van der Waals surface area (Å²) in [5.74, 6) is -1.25. The van der Waals surface area contributed by atoms with E-state index in [2.05, 4.69) is 20.8 Å². The zero-order chi connectivity index (χ0) is 14.7. The first-order chi connectivity index (χ1) is 9.52. The van der Waals surface area contributed by atoms with Crippen molar-refractivity contribution in [2.24, 2.45) is 5.92 Å². The number of halogens is 2. The van der Waals surface area contributed by atoms with Gasteiger partial charge in [-0.15, -0.1) is 0 Å². The first-order valence-corrected chi connectivity index (χ1v) is 7.68. The smallest absolute Gasteiger partial charge is 0.310 e. The van der Waals surface area contributed by atoms with E-state index in [4.69, 9.17) is 16.3 Å². The van der Waals surface area contributed by atoms with Gasteiger partial charge >= 0.3 is 5.97 Å². The number of nitrogens with zero attached hydrogens (tertiary/aromatic N) is 1. The van der Waals surface area contributed by atoms with Crippen molar-refractivity contribution in [2.45, 2.75) is 19.5 Å². The van der Waals surface area contributed by atoms with Crippen LogP contribution in [0.25, 0.3) is 0 Å². The molecule has 2 unspecified atom stereocenters. The van der Waals surface area contributed by atoms with Crippen LogP contribution in [-0.4, -0.2) is 41.8 Å². The summed E-state index contributed by atoms with van der Waals surface area (Å²) < 4.78 is 6.28. The number of hydrogen-bond acceptors (Lipinski definition) is 3. The average Bonchev–Trinajstić information content (AvgIpc) is 2.87. The molecule has 0 aromatic heterocycles. The minimum atomic E-state index is -0.791. The second-order valence-corrected chi connectivity index (χ2v) is 6.14. The summed E-state index contributed by atoms with van der Waals surface area (Å²) in [4.78, 5) is 13.4. The van der Waals surface area contributed by atoms with Crippen molar-refractivity contribution in [1.82, 2.24) is 4.90 Å². The molecule has 1 aromatic rings. The van der Waals surface area contributed by atoms with Crippen LogP contribution in [0.1, 0.15) is 12.5 Å². The third-order valence-electron chi connectivity index (χ3n) is 3.63. The van der Waals surface area contributed by atoms with Gasteiger partial charge in [0.15, 0.2) is 0 Å². The largest absolute Gasteiger partial charge is 0.481 e. The number of aliphatic carboxylic acids is 1. The van der Waals surface area contributed by atoms with Crippen LogP contribution < -0.4 is 0 Å². The number of benzene rings is 1. The highest BCUT2D eigenvalue weighted by Gasteiger charge is 2.37. The van der Waals surface area contributed by atoms with Crippen LogP contribution in [0.5, 0.6) is 0 Å². The fourth-order valence-electron chi connectivity index (χ4n) is 2.47. The second kappa shape index (κ2) is 6.89. The first-order valence-electron chi connectivity index (χ1n) is 6.51. The molecule has 1 aromatic carbocycles. The Kier molecular flexibility index (Phi) is 5.43. The van der Waals surface area contributed by atoms with Gasteiger partial charge in [0.1, 0.15) is 0 Å². The van der Waals surface area contributed by atoms with Crippen LogP contribution in [0.3, 0.4) is 0 Å². The molecule has 0 saturated carbocycles. The van der Waals surface area contributed by atoms with Gasteiger partial charge < -0.3 is 9.84 Å². The van der Waals surface area contributed by atoms with Gasteiger partial charge in [0.2, 0.25) is 0 Å². The van der Waals surface area contributed by atoms with E-state index in [1.807, 2.05) is 25.1 Å². The molecule has 0 spiro atoms. The number of rotatable bonds is 5. The Morgan fingerprint density at radius 2 is 2.30 bits per heavy atom. The van der Waals surface area contributed by atoms with Gasteiger partial charge in [0.25, 0.3) is 0 Å². The van der Waals surface area contributed by atoms with Crippen molar-refractivity contribution >= 4 is 33.5 Å². The summed E-state index contributed by atoms with van der Waals surface area (Å²) in [6.07, 6.45) is 0. The predicted molar refractivity (Wildman–Crippen MR) is 81.0 cm³/mol. The fraction of sp³-hybridized carbons (Fsp3) is 0.500. The van der Waals surface area contributed by atoms with Crippen LogP contribution >= 0.6 is 27.5 Å². The molecule has 2 atom stereocenters. The SMILES string of the molecule is CCN(Cc1ccc(Cl)cc1Br)C1COCC1C(=O)O. The van der Waals surface area contributed by atoms with Gasteiger partial charge in [-0.2, -0.15) is 0 Å². The van der Waals surface area contributed by atoms with Gasteiger partial charge in [0.05, 0.1) is 19.1 Å². The maximum Gasteiger partial charge on any atom is 0.310 e. The van der Waals surface area contributed by atoms with Gasteiger partial charge in [0, 0.05) is 22.1 Å². The molecule has 1 heterocycles. The van der Waals surface area contributed by atoms with Gasteiger partial charge in [-0.3, -0.25) is 9.69 Å². The molecular weight excluding hydrogens is 346 g/mol. The lowest BCUT2D eigenvalue weighted by molar-refractivity contribution is -0.143. The number of carboxylic acids is 1. The summed E-state index contributed by atoms with van der Waals surface area (Å²) in [6.45, 7) is 4.23. The molecule has 0 amide bonds. The van der Waals surface area contributed by atoms with E-state index in [9.17, 15) is 9.90 Å². The van der Waals surface area contributed by atoms with Gasteiger partial charge in [-0.1, -0.05) is 40.5 Å². The van der Waals surface area contributed by atoms with E-state index in [1.54, 1.807) is 0 Å². The third-order valence-corrected chi connectivity index (χ3v) is 4.60. The summed E-state index contributed by atoms with van der Waals surface area (Å²) in [5, 5.41) is 9.93. The topological polar surface area (TPSA) is 49.8 Å². The standard InChI is InChI=1S/C14H17BrClNO3/c1-2-17(13-8-20-7-11(13)14(18)19)6-9-3-4-10(16)5-12(9)15/h3-5,11,13H,2,6-8H2,1H3,(H,18,19). The quantitative estimate of drug-likeness (QED) is 0.875. The molecule has 1 fully saturated rings. The van der Waals surface area contributed by atoms with Gasteiger partial charge in [-0.05, 0) is 24.2 Å². The van der Waals surface area contributed by atoms with Crippen molar-refractivity contribution < 1.29 is 14.6 Å². The molecule has 1 aliphatic rings. The minimum absolute atomic E-state index is 0.0833. The van der Waals surface area contributed by atoms with Crippen LogP contribution in [0, 0.1) is 5.92 Å².